The van der Waals surface area contributed by atoms with Crippen LogP contribution in [0.3, 0.4) is 0 Å². The summed E-state index contributed by atoms with van der Waals surface area (Å²) in [5, 5.41) is 21.0. The molecule has 17 heteroatoms. The van der Waals surface area contributed by atoms with Gasteiger partial charge in [-0.1, -0.05) is 23.7 Å². The van der Waals surface area contributed by atoms with Crippen molar-refractivity contribution in [3.63, 3.8) is 0 Å². The van der Waals surface area contributed by atoms with E-state index in [4.69, 9.17) is 16.3 Å². The molecule has 3 amide bonds. The first-order valence-electron chi connectivity index (χ1n) is 13.5. The van der Waals surface area contributed by atoms with Gasteiger partial charge in [-0.15, -0.1) is 0 Å². The summed E-state index contributed by atoms with van der Waals surface area (Å²) in [5.74, 6) is -7.39. The van der Waals surface area contributed by atoms with Gasteiger partial charge in [0.25, 0.3) is 11.8 Å². The number of alkyl halides is 3. The third kappa shape index (κ3) is 6.07. The van der Waals surface area contributed by atoms with Gasteiger partial charge < -0.3 is 25.8 Å². The highest BCUT2D eigenvalue weighted by atomic mass is 35.5. The predicted octanol–water partition coefficient (Wildman–Crippen LogP) is 6.93. The van der Waals surface area contributed by atoms with Gasteiger partial charge in [-0.2, -0.15) is 18.3 Å². The van der Waals surface area contributed by atoms with Crippen LogP contribution in [0.1, 0.15) is 36.6 Å². The Morgan fingerprint density at radius 2 is 1.67 bits per heavy atom. The summed E-state index contributed by atoms with van der Waals surface area (Å²) in [5.41, 5.74) is -3.08. The molecule has 0 unspecified atom stereocenters. The molecule has 6 rings (SSSR count). The number of carboxylic acids is 1. The molecule has 11 nitrogen and oxygen atoms in total. The number of carbonyl (C=O) groups is 4. The molecule has 244 valence electrons. The highest BCUT2D eigenvalue weighted by Crippen LogP contribution is 2.47. The van der Waals surface area contributed by atoms with Crippen molar-refractivity contribution in [1.29, 1.82) is 0 Å². The summed E-state index contributed by atoms with van der Waals surface area (Å²) in [6, 6.07) is 10.6. The highest BCUT2D eigenvalue weighted by Gasteiger charge is 2.33. The van der Waals surface area contributed by atoms with Gasteiger partial charge in [0.05, 0.1) is 44.0 Å². The van der Waals surface area contributed by atoms with Crippen LogP contribution < -0.4 is 20.7 Å². The molecule has 4 aromatic carbocycles. The molecular weight excluding hydrogens is 669 g/mol. The Bertz CT molecular complexity index is 2200. The van der Waals surface area contributed by atoms with E-state index >= 15 is 0 Å². The number of nitrogens with zero attached hydrogens (tertiary/aromatic N) is 2. The number of hydrogen-bond acceptors (Lipinski definition) is 6. The molecule has 5 aromatic rings. The van der Waals surface area contributed by atoms with E-state index in [1.54, 1.807) is 0 Å². The quantitative estimate of drug-likeness (QED) is 0.136. The number of rotatable bonds is 7. The summed E-state index contributed by atoms with van der Waals surface area (Å²) in [6.07, 6.45) is -4.99. The Morgan fingerprint density at radius 1 is 0.938 bits per heavy atom. The molecule has 0 saturated carbocycles. The first kappa shape index (κ1) is 31.9. The van der Waals surface area contributed by atoms with Gasteiger partial charge in [-0.3, -0.25) is 19.1 Å². The summed E-state index contributed by atoms with van der Waals surface area (Å²) in [6.45, 7) is -0.375. The molecule has 48 heavy (non-hydrogen) atoms. The molecule has 1 aliphatic rings. The average Bonchev–Trinajstić information content (AvgIpc) is 3.37. The second-order valence-corrected chi connectivity index (χ2v) is 10.6. The summed E-state index contributed by atoms with van der Waals surface area (Å²) in [4.78, 5) is 51.1. The van der Waals surface area contributed by atoms with Crippen molar-refractivity contribution in [3.8, 4) is 11.5 Å². The van der Waals surface area contributed by atoms with Gasteiger partial charge in [-0.05, 0) is 48.5 Å². The van der Waals surface area contributed by atoms with Crippen LogP contribution in [0.4, 0.5) is 39.1 Å². The first-order valence-corrected chi connectivity index (χ1v) is 13.9. The van der Waals surface area contributed by atoms with E-state index in [-0.39, 0.29) is 68.4 Å². The third-order valence-corrected chi connectivity index (χ3v) is 7.32. The maximum absolute atomic E-state index is 14.3. The normalized spacial score (nSPS) is 12.4. The van der Waals surface area contributed by atoms with Crippen LogP contribution in [0.2, 0.25) is 5.02 Å². The SMILES string of the molecule is O=C1Cn2nc(NC(=O)c3ccccc3C(=O)O)c3c(Oc4cc(F)ccc4Cl)c(NC(=O)c4cc(F)cc(C(F)(F)F)c4)cc(c32)N1. The van der Waals surface area contributed by atoms with E-state index in [1.807, 2.05) is 0 Å². The maximum Gasteiger partial charge on any atom is 0.416 e. The third-order valence-electron chi connectivity index (χ3n) is 7.01. The van der Waals surface area contributed by atoms with E-state index in [1.165, 1.54) is 24.3 Å². The number of anilines is 3. The summed E-state index contributed by atoms with van der Waals surface area (Å²) < 4.78 is 75.8. The van der Waals surface area contributed by atoms with E-state index in [9.17, 15) is 46.2 Å². The Kier molecular flexibility index (Phi) is 7.96. The molecule has 4 N–H and O–H groups in total. The minimum Gasteiger partial charge on any atom is -0.478 e. The minimum atomic E-state index is -4.99. The zero-order valence-electron chi connectivity index (χ0n) is 23.7. The molecule has 0 fully saturated rings. The van der Waals surface area contributed by atoms with Crippen LogP contribution in [0.15, 0.2) is 66.7 Å². The van der Waals surface area contributed by atoms with Crippen LogP contribution in [0.5, 0.6) is 11.5 Å². The van der Waals surface area contributed by atoms with E-state index in [0.29, 0.717) is 12.1 Å². The van der Waals surface area contributed by atoms with E-state index in [2.05, 4.69) is 21.0 Å². The lowest BCUT2D eigenvalue weighted by Crippen LogP contribution is -2.24. The van der Waals surface area contributed by atoms with Crippen LogP contribution in [-0.2, 0) is 17.5 Å². The van der Waals surface area contributed by atoms with Crippen molar-refractivity contribution in [2.24, 2.45) is 0 Å². The number of benzene rings is 4. The lowest BCUT2D eigenvalue weighted by Gasteiger charge is -2.20. The molecule has 0 saturated heterocycles. The van der Waals surface area contributed by atoms with Crippen LogP contribution in [0.25, 0.3) is 10.9 Å². The van der Waals surface area contributed by atoms with E-state index in [0.717, 1.165) is 28.9 Å². The van der Waals surface area contributed by atoms with Crippen molar-refractivity contribution in [1.82, 2.24) is 9.78 Å². The van der Waals surface area contributed by atoms with Crippen LogP contribution in [0, 0.1) is 11.6 Å². The summed E-state index contributed by atoms with van der Waals surface area (Å²) >= 11 is 6.24. The standard InChI is InChI=1S/C31H17ClF5N5O6/c32-19-6-5-15(33)10-22(19)48-26-21(39-28(44)13-7-14(31(35,36)37)9-16(34)8-13)11-20-25-24(26)27(41-42(25)12-23(43)38-20)40-29(45)17-3-1-2-4-18(17)30(46)47/h1-11H,12H2,(H,38,43)(H,39,44)(H,46,47)(H,40,41,45). The Morgan fingerprint density at radius 3 is 2.38 bits per heavy atom. The first-order chi connectivity index (χ1) is 22.7. The Labute approximate surface area is 269 Å². The van der Waals surface area contributed by atoms with Gasteiger partial charge in [0.15, 0.2) is 11.6 Å². The number of aromatic nitrogens is 2. The molecule has 0 aliphatic carbocycles. The number of amides is 3. The number of nitrogens with one attached hydrogen (secondary N) is 3. The van der Waals surface area contributed by atoms with Crippen LogP contribution >= 0.6 is 11.6 Å². The van der Waals surface area contributed by atoms with E-state index < -0.39 is 52.6 Å². The Balaban J connectivity index is 1.55. The number of ether oxygens (including phenoxy) is 1. The smallest absolute Gasteiger partial charge is 0.416 e. The maximum atomic E-state index is 14.3. The lowest BCUT2D eigenvalue weighted by atomic mass is 10.1. The molecule has 1 aromatic heterocycles. The molecule has 0 atom stereocenters. The summed E-state index contributed by atoms with van der Waals surface area (Å²) in [7, 11) is 0. The van der Waals surface area contributed by atoms with Gasteiger partial charge >= 0.3 is 12.1 Å². The number of aromatic carboxylic acids is 1. The van der Waals surface area contributed by atoms with Gasteiger partial charge in [0, 0.05) is 11.6 Å². The second-order valence-electron chi connectivity index (χ2n) is 10.2. The number of halogens is 6. The lowest BCUT2D eigenvalue weighted by molar-refractivity contribution is -0.137. The zero-order chi connectivity index (χ0) is 34.5. The largest absolute Gasteiger partial charge is 0.478 e. The predicted molar refractivity (Wildman–Crippen MR) is 161 cm³/mol. The van der Waals surface area contributed by atoms with Gasteiger partial charge in [0.1, 0.15) is 23.9 Å². The van der Waals surface area contributed by atoms with Crippen LogP contribution in [-0.4, -0.2) is 38.6 Å². The number of carboxylic acid groups (broad SMARTS) is 1. The van der Waals surface area contributed by atoms with Gasteiger partial charge in [-0.25, -0.2) is 13.6 Å². The molecule has 0 bridgehead atoms. The fourth-order valence-corrected chi connectivity index (χ4v) is 5.13. The number of hydrogen-bond donors (Lipinski definition) is 4. The van der Waals surface area contributed by atoms with Crippen molar-refractivity contribution >= 4 is 63.4 Å². The molecule has 2 heterocycles. The zero-order valence-corrected chi connectivity index (χ0v) is 24.5. The molecule has 0 spiro atoms. The highest BCUT2D eigenvalue weighted by molar-refractivity contribution is 6.32. The van der Waals surface area contributed by atoms with Gasteiger partial charge in [0.2, 0.25) is 5.91 Å². The molecule has 0 radical (unpaired) electrons. The monoisotopic (exact) mass is 685 g/mol. The average molecular weight is 686 g/mol. The topological polar surface area (TPSA) is 152 Å². The number of carbonyl (C=O) groups excluding carboxylic acids is 3. The van der Waals surface area contributed by atoms with Crippen molar-refractivity contribution in [3.05, 3.63) is 106 Å². The Hall–Kier alpha value is -6.03. The second kappa shape index (κ2) is 12.0. The molecule has 1 aliphatic heterocycles. The fraction of sp³-hybridized carbons (Fsp3) is 0.0645. The minimum absolute atomic E-state index is 0.0107. The molecular formula is C31H17ClF5N5O6. The fourth-order valence-electron chi connectivity index (χ4n) is 4.97. The van der Waals surface area contributed by atoms with Crippen molar-refractivity contribution in [2.45, 2.75) is 12.7 Å². The van der Waals surface area contributed by atoms with Crippen molar-refractivity contribution in [2.75, 3.05) is 16.0 Å². The van der Waals surface area contributed by atoms with Crippen molar-refractivity contribution < 1.29 is 51.0 Å².